The minimum absolute atomic E-state index is 0.152. The average Bonchev–Trinajstić information content (AvgIpc) is 2.10. The molecule has 0 saturated heterocycles. The number of nitrogens with two attached hydrogens (primary N) is 1. The summed E-state index contributed by atoms with van der Waals surface area (Å²) in [5.41, 5.74) is 4.13. The van der Waals surface area contributed by atoms with Crippen molar-refractivity contribution >= 4 is 11.5 Å². The molecule has 0 aliphatic heterocycles. The number of nitrogens with zero attached hydrogens (tertiary/aromatic N) is 1. The molecular formula is C8H10F3N3. The maximum absolute atomic E-state index is 13.1. The Bertz CT molecular complexity index is 352. The van der Waals surface area contributed by atoms with Gasteiger partial charge in [-0.2, -0.15) is 13.8 Å². The molecule has 0 atom stereocenters. The predicted molar refractivity (Wildman–Crippen MR) is 47.3 cm³/mol. The van der Waals surface area contributed by atoms with Crippen molar-refractivity contribution in [2.24, 2.45) is 0 Å². The van der Waals surface area contributed by atoms with Gasteiger partial charge in [-0.15, -0.1) is 0 Å². The zero-order chi connectivity index (χ0) is 10.9. The van der Waals surface area contributed by atoms with Gasteiger partial charge in [-0.1, -0.05) is 0 Å². The highest BCUT2D eigenvalue weighted by molar-refractivity contribution is 5.52. The number of halogens is 3. The van der Waals surface area contributed by atoms with E-state index in [-0.39, 0.29) is 11.9 Å². The van der Waals surface area contributed by atoms with Crippen molar-refractivity contribution in [2.45, 2.75) is 19.9 Å². The first-order valence-corrected chi connectivity index (χ1v) is 4.00. The molecule has 0 aliphatic rings. The second-order valence-electron chi connectivity index (χ2n) is 3.09. The van der Waals surface area contributed by atoms with Gasteiger partial charge in [0.1, 0.15) is 5.69 Å². The van der Waals surface area contributed by atoms with Crippen molar-refractivity contribution < 1.29 is 13.2 Å². The van der Waals surface area contributed by atoms with Crippen LogP contribution >= 0.6 is 0 Å². The lowest BCUT2D eigenvalue weighted by Crippen LogP contribution is -2.15. The third-order valence-corrected chi connectivity index (χ3v) is 1.50. The molecule has 0 saturated carbocycles. The highest BCUT2D eigenvalue weighted by atomic mass is 19.2. The Morgan fingerprint density at radius 1 is 1.21 bits per heavy atom. The van der Waals surface area contributed by atoms with Gasteiger partial charge in [0.2, 0.25) is 5.82 Å². The molecule has 1 rings (SSSR count). The number of hydrogen-bond acceptors (Lipinski definition) is 3. The molecule has 0 fully saturated rings. The Labute approximate surface area is 79.1 Å². The Balaban J connectivity index is 3.19. The molecule has 6 heteroatoms. The van der Waals surface area contributed by atoms with E-state index in [2.05, 4.69) is 10.3 Å². The van der Waals surface area contributed by atoms with Gasteiger partial charge in [-0.3, -0.25) is 0 Å². The van der Waals surface area contributed by atoms with E-state index in [1.54, 1.807) is 13.8 Å². The zero-order valence-corrected chi connectivity index (χ0v) is 7.74. The first-order valence-electron chi connectivity index (χ1n) is 4.00. The monoisotopic (exact) mass is 205 g/mol. The third-order valence-electron chi connectivity index (χ3n) is 1.50. The molecule has 0 radical (unpaired) electrons. The van der Waals surface area contributed by atoms with E-state index >= 15 is 0 Å². The Morgan fingerprint density at radius 3 is 2.29 bits per heavy atom. The standard InChI is InChI=1S/C8H10F3N3/c1-3(2)13-8-5(10)6(12)4(9)7(11)14-8/h3H,1-2H3,(H3,12,13,14). The molecule has 0 unspecified atom stereocenters. The maximum Gasteiger partial charge on any atom is 0.253 e. The van der Waals surface area contributed by atoms with Gasteiger partial charge in [0, 0.05) is 6.04 Å². The SMILES string of the molecule is CC(C)Nc1nc(F)c(F)c(N)c1F. The van der Waals surface area contributed by atoms with Crippen LogP contribution in [0.3, 0.4) is 0 Å². The van der Waals surface area contributed by atoms with E-state index in [0.717, 1.165) is 0 Å². The summed E-state index contributed by atoms with van der Waals surface area (Å²) in [5.74, 6) is -4.32. The molecule has 0 amide bonds. The second kappa shape index (κ2) is 3.73. The minimum Gasteiger partial charge on any atom is -0.394 e. The first-order chi connectivity index (χ1) is 6.43. The molecule has 0 aliphatic carbocycles. The average molecular weight is 205 g/mol. The van der Waals surface area contributed by atoms with E-state index in [4.69, 9.17) is 5.73 Å². The van der Waals surface area contributed by atoms with Crippen molar-refractivity contribution in [1.82, 2.24) is 4.98 Å². The summed E-state index contributed by atoms with van der Waals surface area (Å²) < 4.78 is 38.5. The lowest BCUT2D eigenvalue weighted by Gasteiger charge is -2.11. The van der Waals surface area contributed by atoms with Gasteiger partial charge in [0.25, 0.3) is 5.95 Å². The lowest BCUT2D eigenvalue weighted by atomic mass is 10.3. The number of pyridine rings is 1. The topological polar surface area (TPSA) is 50.9 Å². The molecule has 0 bridgehead atoms. The summed E-state index contributed by atoms with van der Waals surface area (Å²) in [7, 11) is 0. The van der Waals surface area contributed by atoms with Crippen LogP contribution in [0.5, 0.6) is 0 Å². The highest BCUT2D eigenvalue weighted by Crippen LogP contribution is 2.22. The summed E-state index contributed by atoms with van der Waals surface area (Å²) in [5, 5.41) is 2.51. The molecule has 78 valence electrons. The van der Waals surface area contributed by atoms with Crippen LogP contribution < -0.4 is 11.1 Å². The predicted octanol–water partition coefficient (Wildman–Crippen LogP) is 1.90. The van der Waals surface area contributed by atoms with Crippen molar-refractivity contribution in [1.29, 1.82) is 0 Å². The Morgan fingerprint density at radius 2 is 1.79 bits per heavy atom. The first kappa shape index (κ1) is 10.6. The van der Waals surface area contributed by atoms with Crippen LogP contribution in [0.15, 0.2) is 0 Å². The van der Waals surface area contributed by atoms with Crippen molar-refractivity contribution in [3.05, 3.63) is 17.6 Å². The zero-order valence-electron chi connectivity index (χ0n) is 7.74. The van der Waals surface area contributed by atoms with Crippen molar-refractivity contribution in [2.75, 3.05) is 11.1 Å². The fourth-order valence-electron chi connectivity index (χ4n) is 0.900. The summed E-state index contributed by atoms with van der Waals surface area (Å²) in [6, 6.07) is -0.152. The van der Waals surface area contributed by atoms with Gasteiger partial charge in [-0.25, -0.2) is 4.39 Å². The number of rotatable bonds is 2. The molecular weight excluding hydrogens is 195 g/mol. The van der Waals surface area contributed by atoms with Crippen LogP contribution in [0.25, 0.3) is 0 Å². The van der Waals surface area contributed by atoms with Crippen LogP contribution in [-0.2, 0) is 0 Å². The van der Waals surface area contributed by atoms with Crippen LogP contribution in [0.2, 0.25) is 0 Å². The fourth-order valence-corrected chi connectivity index (χ4v) is 0.900. The van der Waals surface area contributed by atoms with E-state index in [1.165, 1.54) is 0 Å². The largest absolute Gasteiger partial charge is 0.394 e. The molecule has 3 nitrogen and oxygen atoms in total. The van der Waals surface area contributed by atoms with E-state index in [0.29, 0.717) is 0 Å². The van der Waals surface area contributed by atoms with Gasteiger partial charge in [-0.05, 0) is 13.8 Å². The minimum atomic E-state index is -1.46. The third kappa shape index (κ3) is 1.89. The maximum atomic E-state index is 13.1. The molecule has 0 aromatic carbocycles. The quantitative estimate of drug-likeness (QED) is 0.725. The molecule has 14 heavy (non-hydrogen) atoms. The summed E-state index contributed by atoms with van der Waals surface area (Å²) in [4.78, 5) is 3.07. The van der Waals surface area contributed by atoms with Gasteiger partial charge >= 0.3 is 0 Å². The van der Waals surface area contributed by atoms with Gasteiger partial charge < -0.3 is 11.1 Å². The Hall–Kier alpha value is -1.46. The van der Waals surface area contributed by atoms with Crippen LogP contribution in [0.1, 0.15) is 13.8 Å². The molecule has 0 spiro atoms. The number of anilines is 2. The summed E-state index contributed by atoms with van der Waals surface area (Å²) >= 11 is 0. The van der Waals surface area contributed by atoms with Crippen molar-refractivity contribution in [3.63, 3.8) is 0 Å². The molecule has 1 heterocycles. The number of aromatic nitrogens is 1. The van der Waals surface area contributed by atoms with Crippen LogP contribution in [0, 0.1) is 17.6 Å². The second-order valence-corrected chi connectivity index (χ2v) is 3.09. The smallest absolute Gasteiger partial charge is 0.253 e. The Kier molecular flexibility index (Phi) is 2.83. The van der Waals surface area contributed by atoms with E-state index in [1.807, 2.05) is 0 Å². The molecule has 1 aromatic rings. The molecule has 3 N–H and O–H groups in total. The van der Waals surface area contributed by atoms with E-state index in [9.17, 15) is 13.2 Å². The highest BCUT2D eigenvalue weighted by Gasteiger charge is 2.18. The fraction of sp³-hybridized carbons (Fsp3) is 0.375. The van der Waals surface area contributed by atoms with Gasteiger partial charge in [0.15, 0.2) is 11.6 Å². The van der Waals surface area contributed by atoms with Crippen molar-refractivity contribution in [3.8, 4) is 0 Å². The molecule has 1 aromatic heterocycles. The number of nitrogens with one attached hydrogen (secondary N) is 1. The summed E-state index contributed by atoms with van der Waals surface area (Å²) in [6.45, 7) is 3.41. The number of hydrogen-bond donors (Lipinski definition) is 2. The van der Waals surface area contributed by atoms with Crippen LogP contribution in [0.4, 0.5) is 24.7 Å². The van der Waals surface area contributed by atoms with Crippen LogP contribution in [-0.4, -0.2) is 11.0 Å². The normalized spacial score (nSPS) is 10.7. The summed E-state index contributed by atoms with van der Waals surface area (Å²) in [6.07, 6.45) is 0. The van der Waals surface area contributed by atoms with Gasteiger partial charge in [0.05, 0.1) is 0 Å². The number of nitrogen functional groups attached to an aromatic ring is 1. The van der Waals surface area contributed by atoms with E-state index < -0.39 is 23.3 Å². The lowest BCUT2D eigenvalue weighted by molar-refractivity contribution is 0.471.